The number of benzene rings is 1. The highest BCUT2D eigenvalue weighted by atomic mass is 16.2. The number of unbranched alkanes of at least 4 members (excludes halogenated alkanes) is 3. The first kappa shape index (κ1) is 20.7. The van der Waals surface area contributed by atoms with Gasteiger partial charge in [0.15, 0.2) is 0 Å². The van der Waals surface area contributed by atoms with Gasteiger partial charge in [0.05, 0.1) is 0 Å². The van der Waals surface area contributed by atoms with Crippen LogP contribution >= 0.6 is 0 Å². The largest absolute Gasteiger partial charge is 0.338 e. The fourth-order valence-corrected chi connectivity index (χ4v) is 4.67. The molecule has 1 aromatic carbocycles. The summed E-state index contributed by atoms with van der Waals surface area (Å²) in [5.74, 6) is 0.830. The summed E-state index contributed by atoms with van der Waals surface area (Å²) in [5, 5.41) is 5.73. The lowest BCUT2D eigenvalue weighted by Gasteiger charge is -2.44. The van der Waals surface area contributed by atoms with Crippen molar-refractivity contribution in [3.63, 3.8) is 0 Å². The normalized spacial score (nSPS) is 21.7. The summed E-state index contributed by atoms with van der Waals surface area (Å²) in [5.41, 5.74) is 1.44. The van der Waals surface area contributed by atoms with Gasteiger partial charge in [0.1, 0.15) is 0 Å². The Balaban J connectivity index is 1.50. The van der Waals surface area contributed by atoms with Gasteiger partial charge in [-0.1, -0.05) is 39.0 Å². The molecule has 1 saturated carbocycles. The maximum Gasteiger partial charge on any atom is 0.319 e. The predicted molar refractivity (Wildman–Crippen MR) is 114 cm³/mol. The van der Waals surface area contributed by atoms with Crippen LogP contribution in [0, 0.1) is 5.92 Å². The molecule has 1 aliphatic carbocycles. The molecule has 1 aliphatic heterocycles. The Kier molecular flexibility index (Phi) is 7.75. The van der Waals surface area contributed by atoms with Gasteiger partial charge < -0.3 is 15.5 Å². The standard InChI is InChI=1S/C23H35N3O2/c1-2-3-4-7-16-24-23(28)25-20-14-12-19(13-15-20)22(27)26-17-8-10-18-9-5-6-11-21(18)26/h12-15,18,21H,2-11,16-17H2,1H3,(H2,24,25,28)/t18-,21?/m0/s1. The van der Waals surface area contributed by atoms with Crippen LogP contribution in [-0.4, -0.2) is 36.0 Å². The number of urea groups is 1. The Morgan fingerprint density at radius 2 is 1.75 bits per heavy atom. The van der Waals surface area contributed by atoms with Gasteiger partial charge >= 0.3 is 6.03 Å². The molecule has 0 bridgehead atoms. The van der Waals surface area contributed by atoms with Crippen molar-refractivity contribution in [1.29, 1.82) is 0 Å². The molecule has 5 nitrogen and oxygen atoms in total. The van der Waals surface area contributed by atoms with Crippen molar-refractivity contribution in [2.45, 2.75) is 77.2 Å². The minimum Gasteiger partial charge on any atom is -0.338 e. The molecule has 1 unspecified atom stereocenters. The molecule has 28 heavy (non-hydrogen) atoms. The Hall–Kier alpha value is -2.04. The number of carbonyl (C=O) groups excluding carboxylic acids is 2. The zero-order chi connectivity index (χ0) is 19.8. The van der Waals surface area contributed by atoms with Crippen LogP contribution in [0.15, 0.2) is 24.3 Å². The monoisotopic (exact) mass is 385 g/mol. The number of amides is 3. The molecular weight excluding hydrogens is 350 g/mol. The number of hydrogen-bond acceptors (Lipinski definition) is 2. The molecule has 154 valence electrons. The van der Waals surface area contributed by atoms with Crippen molar-refractivity contribution in [2.24, 2.45) is 5.92 Å². The van der Waals surface area contributed by atoms with Crippen molar-refractivity contribution in [2.75, 3.05) is 18.4 Å². The molecule has 1 aromatic rings. The first-order valence-corrected chi connectivity index (χ1v) is 11.1. The molecule has 5 heteroatoms. The summed E-state index contributed by atoms with van der Waals surface area (Å²) >= 11 is 0. The zero-order valence-corrected chi connectivity index (χ0v) is 17.2. The van der Waals surface area contributed by atoms with Crippen molar-refractivity contribution in [3.05, 3.63) is 29.8 Å². The number of piperidine rings is 1. The third kappa shape index (κ3) is 5.49. The number of anilines is 1. The number of fused-ring (bicyclic) bond motifs is 1. The van der Waals surface area contributed by atoms with Gasteiger partial charge in [-0.25, -0.2) is 4.79 Å². The van der Waals surface area contributed by atoms with Crippen LogP contribution in [0.5, 0.6) is 0 Å². The topological polar surface area (TPSA) is 61.4 Å². The Morgan fingerprint density at radius 3 is 2.54 bits per heavy atom. The van der Waals surface area contributed by atoms with Gasteiger partial charge in [-0.3, -0.25) is 4.79 Å². The Morgan fingerprint density at radius 1 is 1.00 bits per heavy atom. The summed E-state index contributed by atoms with van der Waals surface area (Å²) in [6.07, 6.45) is 11.9. The van der Waals surface area contributed by atoms with Crippen molar-refractivity contribution in [3.8, 4) is 0 Å². The number of carbonyl (C=O) groups is 2. The molecular formula is C23H35N3O2. The van der Waals surface area contributed by atoms with E-state index >= 15 is 0 Å². The molecule has 3 rings (SSSR count). The average Bonchev–Trinajstić information content (AvgIpc) is 2.73. The number of nitrogens with one attached hydrogen (secondary N) is 2. The van der Waals surface area contributed by atoms with Gasteiger partial charge in [0, 0.05) is 30.4 Å². The minimum absolute atomic E-state index is 0.142. The van der Waals surface area contributed by atoms with E-state index in [4.69, 9.17) is 0 Å². The van der Waals surface area contributed by atoms with E-state index in [0.717, 1.165) is 43.5 Å². The molecule has 2 N–H and O–H groups in total. The van der Waals surface area contributed by atoms with E-state index in [2.05, 4.69) is 22.5 Å². The first-order chi connectivity index (χ1) is 13.7. The maximum absolute atomic E-state index is 13.0. The van der Waals surface area contributed by atoms with Gasteiger partial charge in [0.25, 0.3) is 5.91 Å². The van der Waals surface area contributed by atoms with Gasteiger partial charge in [-0.05, 0) is 62.3 Å². The molecule has 0 radical (unpaired) electrons. The second kappa shape index (κ2) is 10.5. The summed E-state index contributed by atoms with van der Waals surface area (Å²) in [6.45, 7) is 3.74. The Labute approximate surface area is 169 Å². The van der Waals surface area contributed by atoms with E-state index in [1.54, 1.807) is 0 Å². The lowest BCUT2D eigenvalue weighted by Crippen LogP contribution is -2.49. The predicted octanol–water partition coefficient (Wildman–Crippen LogP) is 5.18. The molecule has 0 spiro atoms. The first-order valence-electron chi connectivity index (χ1n) is 11.1. The fraction of sp³-hybridized carbons (Fsp3) is 0.652. The Bertz CT molecular complexity index is 642. The maximum atomic E-state index is 13.0. The second-order valence-corrected chi connectivity index (χ2v) is 8.27. The van der Waals surface area contributed by atoms with Crippen molar-refractivity contribution >= 4 is 17.6 Å². The van der Waals surface area contributed by atoms with Crippen molar-refractivity contribution in [1.82, 2.24) is 10.2 Å². The zero-order valence-electron chi connectivity index (χ0n) is 17.2. The van der Waals surface area contributed by atoms with Crippen LogP contribution in [0.3, 0.4) is 0 Å². The van der Waals surface area contributed by atoms with E-state index in [-0.39, 0.29) is 11.9 Å². The summed E-state index contributed by atoms with van der Waals surface area (Å²) in [6, 6.07) is 7.57. The molecule has 2 fully saturated rings. The third-order valence-electron chi connectivity index (χ3n) is 6.21. The molecule has 3 amide bonds. The number of hydrogen-bond donors (Lipinski definition) is 2. The fourth-order valence-electron chi connectivity index (χ4n) is 4.67. The number of likely N-dealkylation sites (tertiary alicyclic amines) is 1. The summed E-state index contributed by atoms with van der Waals surface area (Å²) in [4.78, 5) is 27.1. The minimum atomic E-state index is -0.184. The summed E-state index contributed by atoms with van der Waals surface area (Å²) in [7, 11) is 0. The molecule has 2 aliphatic rings. The molecule has 0 aromatic heterocycles. The van der Waals surface area contributed by atoms with E-state index in [0.29, 0.717) is 18.5 Å². The van der Waals surface area contributed by atoms with Gasteiger partial charge in [-0.15, -0.1) is 0 Å². The van der Waals surface area contributed by atoms with E-state index in [9.17, 15) is 9.59 Å². The van der Waals surface area contributed by atoms with Crippen LogP contribution in [0.25, 0.3) is 0 Å². The van der Waals surface area contributed by atoms with Crippen LogP contribution in [-0.2, 0) is 0 Å². The lowest BCUT2D eigenvalue weighted by molar-refractivity contribution is 0.0390. The quantitative estimate of drug-likeness (QED) is 0.635. The van der Waals surface area contributed by atoms with E-state index in [1.165, 1.54) is 38.5 Å². The van der Waals surface area contributed by atoms with Crippen molar-refractivity contribution < 1.29 is 9.59 Å². The molecule has 1 heterocycles. The third-order valence-corrected chi connectivity index (χ3v) is 6.21. The lowest BCUT2D eigenvalue weighted by atomic mass is 9.78. The van der Waals surface area contributed by atoms with Crippen LogP contribution < -0.4 is 10.6 Å². The highest BCUT2D eigenvalue weighted by Crippen LogP contribution is 2.36. The average molecular weight is 386 g/mol. The highest BCUT2D eigenvalue weighted by Gasteiger charge is 2.35. The van der Waals surface area contributed by atoms with Gasteiger partial charge in [0.2, 0.25) is 0 Å². The summed E-state index contributed by atoms with van der Waals surface area (Å²) < 4.78 is 0. The number of rotatable bonds is 7. The van der Waals surface area contributed by atoms with Crippen LogP contribution in [0.2, 0.25) is 0 Å². The molecule has 1 saturated heterocycles. The van der Waals surface area contributed by atoms with Crippen LogP contribution in [0.4, 0.5) is 10.5 Å². The second-order valence-electron chi connectivity index (χ2n) is 8.27. The smallest absolute Gasteiger partial charge is 0.319 e. The van der Waals surface area contributed by atoms with E-state index in [1.807, 2.05) is 24.3 Å². The molecule has 2 atom stereocenters. The van der Waals surface area contributed by atoms with E-state index < -0.39 is 0 Å². The number of nitrogens with zero attached hydrogens (tertiary/aromatic N) is 1. The SMILES string of the molecule is CCCCCCNC(=O)Nc1ccc(C(=O)N2CCC[C@@H]3CCCCC32)cc1. The van der Waals surface area contributed by atoms with Crippen LogP contribution in [0.1, 0.15) is 81.5 Å². The van der Waals surface area contributed by atoms with Gasteiger partial charge in [-0.2, -0.15) is 0 Å². The highest BCUT2D eigenvalue weighted by molar-refractivity contribution is 5.95.